The molecular formula is C18H18N2O2S. The summed E-state index contributed by atoms with van der Waals surface area (Å²) < 4.78 is 1.55. The molecule has 0 aromatic carbocycles. The van der Waals surface area contributed by atoms with Gasteiger partial charge in [-0.2, -0.15) is 5.26 Å². The molecule has 2 heterocycles. The quantitative estimate of drug-likeness (QED) is 0.794. The molecule has 1 aliphatic carbocycles. The van der Waals surface area contributed by atoms with Crippen LogP contribution in [0.4, 0.5) is 0 Å². The third-order valence-corrected chi connectivity index (χ3v) is 5.69. The first-order chi connectivity index (χ1) is 11.0. The van der Waals surface area contributed by atoms with Crippen molar-refractivity contribution in [3.8, 4) is 11.1 Å². The van der Waals surface area contributed by atoms with E-state index in [1.165, 1.54) is 23.1 Å². The molecule has 0 spiro atoms. The van der Waals surface area contributed by atoms with Crippen LogP contribution < -0.4 is 5.56 Å². The van der Waals surface area contributed by atoms with Crippen molar-refractivity contribution in [2.75, 3.05) is 0 Å². The smallest absolute Gasteiger partial charge is 0.267 e. The highest BCUT2D eigenvalue weighted by atomic mass is 32.1. The summed E-state index contributed by atoms with van der Waals surface area (Å²) in [5.74, 6) is -0.235. The Morgan fingerprint density at radius 1 is 1.30 bits per heavy atom. The fourth-order valence-corrected chi connectivity index (χ4v) is 4.79. The lowest BCUT2D eigenvalue weighted by molar-refractivity contribution is 0.101. The van der Waals surface area contributed by atoms with Gasteiger partial charge in [0, 0.05) is 10.6 Å². The number of rotatable bonds is 2. The van der Waals surface area contributed by atoms with Crippen LogP contribution in [0.5, 0.6) is 0 Å². The van der Waals surface area contributed by atoms with Gasteiger partial charge in [-0.1, -0.05) is 0 Å². The average Bonchev–Trinajstić information content (AvgIpc) is 2.84. The second-order valence-electron chi connectivity index (χ2n) is 6.04. The molecule has 0 fully saturated rings. The van der Waals surface area contributed by atoms with E-state index in [1.54, 1.807) is 11.5 Å². The maximum atomic E-state index is 12.9. The highest BCUT2D eigenvalue weighted by Gasteiger charge is 2.24. The minimum absolute atomic E-state index is 0.214. The number of carbonyl (C=O) groups is 1. The van der Waals surface area contributed by atoms with E-state index in [0.29, 0.717) is 16.1 Å². The summed E-state index contributed by atoms with van der Waals surface area (Å²) in [6, 6.07) is 4.13. The minimum Gasteiger partial charge on any atom is -0.294 e. The van der Waals surface area contributed by atoms with Crippen molar-refractivity contribution >= 4 is 17.1 Å². The third kappa shape index (κ3) is 2.43. The zero-order valence-electron chi connectivity index (χ0n) is 13.5. The molecule has 2 aromatic heterocycles. The Labute approximate surface area is 139 Å². The maximum Gasteiger partial charge on any atom is 0.267 e. The molecule has 0 radical (unpaired) electrons. The Morgan fingerprint density at radius 3 is 2.65 bits per heavy atom. The summed E-state index contributed by atoms with van der Waals surface area (Å²) >= 11 is 1.52. The van der Waals surface area contributed by atoms with E-state index in [0.717, 1.165) is 36.9 Å². The number of thiophene rings is 1. The number of Topliss-reactive ketones (excluding diaryl/α,β-unsaturated/α-hetero) is 1. The topological polar surface area (TPSA) is 62.9 Å². The van der Waals surface area contributed by atoms with E-state index >= 15 is 0 Å². The van der Waals surface area contributed by atoms with E-state index in [1.807, 2.05) is 13.0 Å². The lowest BCUT2D eigenvalue weighted by Crippen LogP contribution is -2.27. The molecule has 5 heteroatoms. The van der Waals surface area contributed by atoms with Gasteiger partial charge in [-0.05, 0) is 63.6 Å². The molecule has 3 rings (SSSR count). The van der Waals surface area contributed by atoms with Crippen molar-refractivity contribution in [1.29, 1.82) is 5.26 Å². The number of ketones is 1. The number of carbonyl (C=O) groups excluding carboxylic acids is 1. The van der Waals surface area contributed by atoms with Gasteiger partial charge < -0.3 is 0 Å². The Morgan fingerprint density at radius 2 is 2.00 bits per heavy atom. The third-order valence-electron chi connectivity index (χ3n) is 4.41. The first kappa shape index (κ1) is 15.7. The molecule has 23 heavy (non-hydrogen) atoms. The van der Waals surface area contributed by atoms with Crippen LogP contribution in [0.3, 0.4) is 0 Å². The predicted octanol–water partition coefficient (Wildman–Crippen LogP) is 3.47. The molecule has 0 saturated carbocycles. The summed E-state index contributed by atoms with van der Waals surface area (Å²) in [6.07, 6.45) is 4.07. The number of hydrogen-bond donors (Lipinski definition) is 0. The Kier molecular flexibility index (Phi) is 3.95. The Balaban J connectivity index is 2.35. The Bertz CT molecular complexity index is 913. The van der Waals surface area contributed by atoms with Crippen LogP contribution in [0, 0.1) is 25.2 Å². The summed E-state index contributed by atoms with van der Waals surface area (Å²) in [5.41, 5.74) is 3.04. The van der Waals surface area contributed by atoms with Gasteiger partial charge in [0.2, 0.25) is 0 Å². The first-order valence-corrected chi connectivity index (χ1v) is 8.56. The average molecular weight is 326 g/mol. The van der Waals surface area contributed by atoms with E-state index < -0.39 is 0 Å². The lowest BCUT2D eigenvalue weighted by atomic mass is 9.96. The molecule has 0 amide bonds. The van der Waals surface area contributed by atoms with Crippen LogP contribution in [0.15, 0.2) is 10.9 Å². The fourth-order valence-electron chi connectivity index (χ4n) is 3.40. The van der Waals surface area contributed by atoms with Gasteiger partial charge in [0.15, 0.2) is 5.78 Å². The molecular weight excluding hydrogens is 308 g/mol. The standard InChI is InChI=1S/C18H18N2O2S/c1-10-8-11(2)20(17(22)16(10)12(3)21)18-14(9-19)13-6-4-5-7-15(13)23-18/h8H,4-7H2,1-3H3. The molecule has 0 saturated heterocycles. The number of aromatic nitrogens is 1. The number of pyridine rings is 1. The van der Waals surface area contributed by atoms with Crippen molar-refractivity contribution in [3.63, 3.8) is 0 Å². The molecule has 0 aliphatic heterocycles. The molecule has 0 atom stereocenters. The molecule has 1 aliphatic rings. The van der Waals surface area contributed by atoms with Crippen molar-refractivity contribution in [2.45, 2.75) is 46.5 Å². The van der Waals surface area contributed by atoms with Crippen LogP contribution in [-0.2, 0) is 12.8 Å². The monoisotopic (exact) mass is 326 g/mol. The van der Waals surface area contributed by atoms with Crippen molar-refractivity contribution in [2.24, 2.45) is 0 Å². The van der Waals surface area contributed by atoms with E-state index in [9.17, 15) is 14.9 Å². The van der Waals surface area contributed by atoms with Crippen LogP contribution >= 0.6 is 11.3 Å². The summed E-state index contributed by atoms with van der Waals surface area (Å²) in [5, 5.41) is 10.3. The van der Waals surface area contributed by atoms with Gasteiger partial charge in [0.05, 0.1) is 11.1 Å². The number of hydrogen-bond acceptors (Lipinski definition) is 4. The predicted molar refractivity (Wildman–Crippen MR) is 90.8 cm³/mol. The second kappa shape index (κ2) is 5.78. The van der Waals surface area contributed by atoms with Crippen LogP contribution in [0.1, 0.15) is 57.4 Å². The molecule has 0 N–H and O–H groups in total. The zero-order chi connectivity index (χ0) is 16.7. The van der Waals surface area contributed by atoms with E-state index in [2.05, 4.69) is 6.07 Å². The summed E-state index contributed by atoms with van der Waals surface area (Å²) in [7, 11) is 0. The minimum atomic E-state index is -0.315. The van der Waals surface area contributed by atoms with E-state index in [4.69, 9.17) is 0 Å². The van der Waals surface area contributed by atoms with Gasteiger partial charge in [-0.3, -0.25) is 14.2 Å². The number of nitrogens with zero attached hydrogens (tertiary/aromatic N) is 2. The van der Waals surface area contributed by atoms with Gasteiger partial charge in [0.1, 0.15) is 11.1 Å². The number of nitriles is 1. The zero-order valence-corrected chi connectivity index (χ0v) is 14.3. The molecule has 118 valence electrons. The van der Waals surface area contributed by atoms with Crippen molar-refractivity contribution in [1.82, 2.24) is 4.57 Å². The fraction of sp³-hybridized carbons (Fsp3) is 0.389. The lowest BCUT2D eigenvalue weighted by Gasteiger charge is -2.12. The first-order valence-electron chi connectivity index (χ1n) is 7.75. The molecule has 0 bridgehead atoms. The van der Waals surface area contributed by atoms with Gasteiger partial charge in [-0.25, -0.2) is 0 Å². The highest BCUT2D eigenvalue weighted by molar-refractivity contribution is 7.15. The Hall–Kier alpha value is -2.19. The van der Waals surface area contributed by atoms with Crippen molar-refractivity contribution < 1.29 is 4.79 Å². The molecule has 4 nitrogen and oxygen atoms in total. The van der Waals surface area contributed by atoms with Gasteiger partial charge in [-0.15, -0.1) is 11.3 Å². The van der Waals surface area contributed by atoms with Crippen LogP contribution in [0.25, 0.3) is 5.00 Å². The summed E-state index contributed by atoms with van der Waals surface area (Å²) in [6.45, 7) is 5.03. The van der Waals surface area contributed by atoms with Crippen molar-refractivity contribution in [3.05, 3.63) is 49.2 Å². The van der Waals surface area contributed by atoms with E-state index in [-0.39, 0.29) is 16.9 Å². The normalized spacial score (nSPS) is 13.5. The van der Waals surface area contributed by atoms with Gasteiger partial charge >= 0.3 is 0 Å². The number of fused-ring (bicyclic) bond motifs is 1. The highest BCUT2D eigenvalue weighted by Crippen LogP contribution is 2.36. The summed E-state index contributed by atoms with van der Waals surface area (Å²) in [4.78, 5) is 25.9. The van der Waals surface area contributed by atoms with Gasteiger partial charge in [0.25, 0.3) is 5.56 Å². The molecule has 2 aromatic rings. The van der Waals surface area contributed by atoms with Crippen LogP contribution in [-0.4, -0.2) is 10.4 Å². The van der Waals surface area contributed by atoms with Crippen LogP contribution in [0.2, 0.25) is 0 Å². The largest absolute Gasteiger partial charge is 0.294 e. The second-order valence-corrected chi connectivity index (χ2v) is 7.13. The maximum absolute atomic E-state index is 12.9. The molecule has 0 unspecified atom stereocenters. The number of aryl methyl sites for hydroxylation is 3. The SMILES string of the molecule is CC(=O)c1c(C)cc(C)n(-c2sc3c(c2C#N)CCCC3)c1=O.